The molecule has 9 heteroatoms. The molecule has 0 aromatic carbocycles. The molecule has 0 rings (SSSR count). The van der Waals surface area contributed by atoms with Crippen LogP contribution in [0.3, 0.4) is 0 Å². The molecular formula is C10H22NO7P. The maximum Gasteiger partial charge on any atom is 0.331 e. The van der Waals surface area contributed by atoms with E-state index in [1.54, 1.807) is 27.7 Å². The minimum atomic E-state index is -4.57. The summed E-state index contributed by atoms with van der Waals surface area (Å²) in [5, 5.41) is 10.8. The van der Waals surface area contributed by atoms with Crippen LogP contribution in [0.5, 0.6) is 0 Å². The average molecular weight is 299 g/mol. The molecule has 0 aromatic rings. The summed E-state index contributed by atoms with van der Waals surface area (Å²) in [5.41, 5.74) is 0. The van der Waals surface area contributed by atoms with Crippen LogP contribution in [-0.2, 0) is 18.8 Å². The van der Waals surface area contributed by atoms with E-state index in [0.717, 1.165) is 0 Å². The second-order valence-electron chi connectivity index (χ2n) is 4.57. The van der Waals surface area contributed by atoms with Gasteiger partial charge in [0, 0.05) is 0 Å². The molecule has 0 fully saturated rings. The Bertz CT molecular complexity index is 329. The Labute approximate surface area is 112 Å². The summed E-state index contributed by atoms with van der Waals surface area (Å²) in [6.07, 6.45) is -1.94. The first-order valence-electron chi connectivity index (χ1n) is 5.82. The van der Waals surface area contributed by atoms with Crippen molar-refractivity contribution in [1.82, 2.24) is 5.32 Å². The normalized spacial score (nSPS) is 13.1. The molecule has 0 heterocycles. The van der Waals surface area contributed by atoms with E-state index < -0.39 is 44.4 Å². The fourth-order valence-corrected chi connectivity index (χ4v) is 2.36. The van der Waals surface area contributed by atoms with E-state index in [1.807, 2.05) is 5.32 Å². The zero-order valence-electron chi connectivity index (χ0n) is 11.5. The third-order valence-corrected chi connectivity index (χ3v) is 2.68. The molecule has 0 atom stereocenters. The summed E-state index contributed by atoms with van der Waals surface area (Å²) >= 11 is 0. The lowest BCUT2D eigenvalue weighted by atomic mass is 10.2. The van der Waals surface area contributed by atoms with Gasteiger partial charge in [0.2, 0.25) is 0 Å². The van der Waals surface area contributed by atoms with Crippen LogP contribution in [0, 0.1) is 0 Å². The minimum Gasteiger partial charge on any atom is -0.376 e. The van der Waals surface area contributed by atoms with Crippen LogP contribution in [0.2, 0.25) is 0 Å². The summed E-state index contributed by atoms with van der Waals surface area (Å²) in [6.45, 7) is 5.72. The van der Waals surface area contributed by atoms with Crippen LogP contribution in [-0.4, -0.2) is 51.7 Å². The SMILES string of the molecule is CC(C)OC(CP(=O)(O)O)(OC(C)C)C(=O)NCO. The molecule has 0 spiro atoms. The van der Waals surface area contributed by atoms with Gasteiger partial charge in [0.15, 0.2) is 0 Å². The zero-order chi connectivity index (χ0) is 15.3. The summed E-state index contributed by atoms with van der Waals surface area (Å²) in [5.74, 6) is -3.06. The highest BCUT2D eigenvalue weighted by Crippen LogP contribution is 2.41. The quantitative estimate of drug-likeness (QED) is 0.360. The van der Waals surface area contributed by atoms with E-state index in [1.165, 1.54) is 0 Å². The Hall–Kier alpha value is -0.500. The number of aliphatic hydroxyl groups excluding tert-OH is 1. The molecule has 0 aliphatic heterocycles. The topological polar surface area (TPSA) is 125 Å². The Kier molecular flexibility index (Phi) is 7.13. The lowest BCUT2D eigenvalue weighted by molar-refractivity contribution is -0.247. The lowest BCUT2D eigenvalue weighted by Crippen LogP contribution is -2.56. The average Bonchev–Trinajstić information content (AvgIpc) is 2.12. The molecule has 0 unspecified atom stereocenters. The van der Waals surface area contributed by atoms with Gasteiger partial charge in [-0.3, -0.25) is 9.36 Å². The summed E-state index contributed by atoms with van der Waals surface area (Å²) in [6, 6.07) is 0. The van der Waals surface area contributed by atoms with Crippen LogP contribution in [0.25, 0.3) is 0 Å². The van der Waals surface area contributed by atoms with Crippen molar-refractivity contribution in [3.63, 3.8) is 0 Å². The molecule has 0 radical (unpaired) electrons. The van der Waals surface area contributed by atoms with Crippen molar-refractivity contribution in [3.05, 3.63) is 0 Å². The Morgan fingerprint density at radius 1 is 1.21 bits per heavy atom. The van der Waals surface area contributed by atoms with E-state index in [0.29, 0.717) is 0 Å². The highest BCUT2D eigenvalue weighted by molar-refractivity contribution is 7.51. The molecule has 0 aliphatic carbocycles. The largest absolute Gasteiger partial charge is 0.376 e. The molecule has 0 saturated carbocycles. The number of nitrogens with one attached hydrogen (secondary N) is 1. The number of carbonyl (C=O) groups excluding carboxylic acids is 1. The molecule has 1 amide bonds. The van der Waals surface area contributed by atoms with Gasteiger partial charge in [-0.25, -0.2) is 0 Å². The molecule has 0 saturated heterocycles. The van der Waals surface area contributed by atoms with E-state index >= 15 is 0 Å². The third-order valence-electron chi connectivity index (χ3n) is 1.85. The standard InChI is InChI=1S/C10H22NO7P/c1-7(2)17-10(18-8(3)4,5-19(14,15)16)9(13)11-6-12/h7-8,12H,5-6H2,1-4H3,(H,11,13)(H2,14,15,16). The molecule has 0 bridgehead atoms. The molecule has 0 aromatic heterocycles. The minimum absolute atomic E-state index is 0.505. The van der Waals surface area contributed by atoms with Crippen molar-refractivity contribution < 1.29 is 33.7 Å². The molecule has 4 N–H and O–H groups in total. The highest BCUT2D eigenvalue weighted by atomic mass is 31.2. The van der Waals surface area contributed by atoms with Crippen LogP contribution in [0.4, 0.5) is 0 Å². The van der Waals surface area contributed by atoms with Gasteiger partial charge in [-0.2, -0.15) is 0 Å². The molecule has 8 nitrogen and oxygen atoms in total. The van der Waals surface area contributed by atoms with Gasteiger partial charge >= 0.3 is 7.60 Å². The number of hydrogen-bond donors (Lipinski definition) is 4. The van der Waals surface area contributed by atoms with E-state index in [9.17, 15) is 9.36 Å². The van der Waals surface area contributed by atoms with Gasteiger partial charge in [-0.05, 0) is 27.7 Å². The fraction of sp³-hybridized carbons (Fsp3) is 0.900. The predicted octanol–water partition coefficient (Wildman–Crippen LogP) is -0.224. The number of ether oxygens (including phenoxy) is 2. The molecular weight excluding hydrogens is 277 g/mol. The van der Waals surface area contributed by atoms with E-state index in [4.69, 9.17) is 24.4 Å². The van der Waals surface area contributed by atoms with Crippen molar-refractivity contribution in [1.29, 1.82) is 0 Å². The molecule has 19 heavy (non-hydrogen) atoms. The van der Waals surface area contributed by atoms with Crippen molar-refractivity contribution in [3.8, 4) is 0 Å². The first-order chi connectivity index (χ1) is 8.52. The van der Waals surface area contributed by atoms with Crippen molar-refractivity contribution in [2.75, 3.05) is 12.9 Å². The van der Waals surface area contributed by atoms with Crippen LogP contribution >= 0.6 is 7.60 Å². The molecule has 114 valence electrons. The van der Waals surface area contributed by atoms with Crippen molar-refractivity contribution >= 4 is 13.5 Å². The van der Waals surface area contributed by atoms with Crippen molar-refractivity contribution in [2.45, 2.75) is 45.7 Å². The summed E-state index contributed by atoms with van der Waals surface area (Å²) < 4.78 is 21.8. The summed E-state index contributed by atoms with van der Waals surface area (Å²) in [4.78, 5) is 30.2. The maximum atomic E-state index is 11.9. The van der Waals surface area contributed by atoms with Gasteiger partial charge in [-0.15, -0.1) is 0 Å². The zero-order valence-corrected chi connectivity index (χ0v) is 12.4. The number of rotatable bonds is 8. The van der Waals surface area contributed by atoms with Crippen LogP contribution < -0.4 is 5.32 Å². The predicted molar refractivity (Wildman–Crippen MR) is 67.3 cm³/mol. The van der Waals surface area contributed by atoms with Gasteiger partial charge in [0.05, 0.1) is 12.2 Å². The van der Waals surface area contributed by atoms with E-state index in [-0.39, 0.29) is 0 Å². The van der Waals surface area contributed by atoms with Gasteiger partial charge in [-0.1, -0.05) is 0 Å². The van der Waals surface area contributed by atoms with Gasteiger partial charge < -0.3 is 29.7 Å². The second kappa shape index (κ2) is 7.33. The first kappa shape index (κ1) is 18.5. The number of amides is 1. The van der Waals surface area contributed by atoms with E-state index in [2.05, 4.69) is 0 Å². The Morgan fingerprint density at radius 3 is 1.89 bits per heavy atom. The van der Waals surface area contributed by atoms with Crippen LogP contribution in [0.15, 0.2) is 0 Å². The monoisotopic (exact) mass is 299 g/mol. The smallest absolute Gasteiger partial charge is 0.331 e. The van der Waals surface area contributed by atoms with Gasteiger partial charge in [0.1, 0.15) is 12.9 Å². The Balaban J connectivity index is 5.42. The van der Waals surface area contributed by atoms with Gasteiger partial charge in [0.25, 0.3) is 11.7 Å². The number of hydrogen-bond acceptors (Lipinski definition) is 5. The fourth-order valence-electron chi connectivity index (χ4n) is 1.52. The number of carbonyl (C=O) groups is 1. The molecule has 0 aliphatic rings. The van der Waals surface area contributed by atoms with Crippen LogP contribution in [0.1, 0.15) is 27.7 Å². The lowest BCUT2D eigenvalue weighted by Gasteiger charge is -2.35. The van der Waals surface area contributed by atoms with Crippen molar-refractivity contribution in [2.24, 2.45) is 0 Å². The third kappa shape index (κ3) is 7.00. The second-order valence-corrected chi connectivity index (χ2v) is 6.22. The maximum absolute atomic E-state index is 11.9. The Morgan fingerprint density at radius 2 is 1.63 bits per heavy atom. The summed E-state index contributed by atoms with van der Waals surface area (Å²) in [7, 11) is -4.57. The number of aliphatic hydroxyl groups is 1. The highest BCUT2D eigenvalue weighted by Gasteiger charge is 2.47. The first-order valence-corrected chi connectivity index (χ1v) is 7.61.